The van der Waals surface area contributed by atoms with Gasteiger partial charge in [0.05, 0.1) is 18.0 Å². The smallest absolute Gasteiger partial charge is 0.138 e. The minimum Gasteiger partial charge on any atom is -0.496 e. The normalized spacial score (nSPS) is 10.4. The van der Waals surface area contributed by atoms with Crippen LogP contribution in [-0.4, -0.2) is 17.1 Å². The SMILES string of the molecule is COc1ccc(Br)c2ncnc(N)c12. The Bertz CT molecular complexity index is 487. The second-order valence-corrected chi connectivity index (χ2v) is 3.59. The highest BCUT2D eigenvalue weighted by molar-refractivity contribution is 9.10. The van der Waals surface area contributed by atoms with Crippen LogP contribution in [0.4, 0.5) is 5.82 Å². The van der Waals surface area contributed by atoms with Gasteiger partial charge in [-0.2, -0.15) is 0 Å². The number of fused-ring (bicyclic) bond motifs is 1. The zero-order chi connectivity index (χ0) is 10.1. The second-order valence-electron chi connectivity index (χ2n) is 2.73. The van der Waals surface area contributed by atoms with Gasteiger partial charge in [-0.1, -0.05) is 0 Å². The number of nitrogens with zero attached hydrogens (tertiary/aromatic N) is 2. The van der Waals surface area contributed by atoms with Gasteiger partial charge < -0.3 is 10.5 Å². The number of rotatable bonds is 1. The van der Waals surface area contributed by atoms with Crippen LogP contribution in [0, 0.1) is 0 Å². The number of anilines is 1. The van der Waals surface area contributed by atoms with E-state index in [-0.39, 0.29) is 0 Å². The summed E-state index contributed by atoms with van der Waals surface area (Å²) in [7, 11) is 1.59. The third-order valence-electron chi connectivity index (χ3n) is 1.95. The molecule has 0 aliphatic rings. The van der Waals surface area contributed by atoms with Crippen molar-refractivity contribution in [2.45, 2.75) is 0 Å². The zero-order valence-electron chi connectivity index (χ0n) is 7.49. The van der Waals surface area contributed by atoms with E-state index in [0.29, 0.717) is 11.6 Å². The zero-order valence-corrected chi connectivity index (χ0v) is 9.08. The van der Waals surface area contributed by atoms with Gasteiger partial charge in [-0.05, 0) is 28.1 Å². The van der Waals surface area contributed by atoms with Crippen LogP contribution in [0.25, 0.3) is 10.9 Å². The third kappa shape index (κ3) is 1.29. The van der Waals surface area contributed by atoms with Gasteiger partial charge in [-0.15, -0.1) is 0 Å². The molecule has 0 aliphatic heterocycles. The highest BCUT2D eigenvalue weighted by Gasteiger charge is 2.09. The molecule has 4 nitrogen and oxygen atoms in total. The first-order chi connectivity index (χ1) is 6.74. The molecule has 14 heavy (non-hydrogen) atoms. The van der Waals surface area contributed by atoms with Crippen LogP contribution in [0.3, 0.4) is 0 Å². The molecule has 1 heterocycles. The first-order valence-electron chi connectivity index (χ1n) is 3.96. The first-order valence-corrected chi connectivity index (χ1v) is 4.76. The summed E-state index contributed by atoms with van der Waals surface area (Å²) in [5.74, 6) is 1.11. The van der Waals surface area contributed by atoms with Gasteiger partial charge in [0.15, 0.2) is 0 Å². The molecule has 0 atom stereocenters. The lowest BCUT2D eigenvalue weighted by molar-refractivity contribution is 0.419. The van der Waals surface area contributed by atoms with E-state index in [0.717, 1.165) is 15.4 Å². The molecule has 2 rings (SSSR count). The summed E-state index contributed by atoms with van der Waals surface area (Å²) in [5.41, 5.74) is 6.51. The molecule has 2 aromatic rings. The lowest BCUT2D eigenvalue weighted by Crippen LogP contribution is -1.96. The monoisotopic (exact) mass is 253 g/mol. The molecule has 1 aromatic carbocycles. The van der Waals surface area contributed by atoms with E-state index in [2.05, 4.69) is 25.9 Å². The van der Waals surface area contributed by atoms with Gasteiger partial charge in [-0.3, -0.25) is 0 Å². The number of nitrogens with two attached hydrogens (primary N) is 1. The van der Waals surface area contributed by atoms with Gasteiger partial charge in [-0.25, -0.2) is 9.97 Å². The maximum absolute atomic E-state index is 5.75. The fourth-order valence-electron chi connectivity index (χ4n) is 1.30. The Morgan fingerprint density at radius 1 is 1.36 bits per heavy atom. The van der Waals surface area contributed by atoms with Gasteiger partial charge in [0, 0.05) is 4.47 Å². The Labute approximate surface area is 89.2 Å². The summed E-state index contributed by atoms with van der Waals surface area (Å²) in [6.45, 7) is 0. The largest absolute Gasteiger partial charge is 0.496 e. The van der Waals surface area contributed by atoms with Crippen LogP contribution >= 0.6 is 15.9 Å². The highest BCUT2D eigenvalue weighted by Crippen LogP contribution is 2.32. The molecule has 2 N–H and O–H groups in total. The van der Waals surface area contributed by atoms with Crippen molar-refractivity contribution in [2.75, 3.05) is 12.8 Å². The van der Waals surface area contributed by atoms with Gasteiger partial charge in [0.25, 0.3) is 0 Å². The number of aromatic nitrogens is 2. The van der Waals surface area contributed by atoms with E-state index in [9.17, 15) is 0 Å². The van der Waals surface area contributed by atoms with Crippen molar-refractivity contribution >= 4 is 32.7 Å². The van der Waals surface area contributed by atoms with Crippen LogP contribution < -0.4 is 10.5 Å². The summed E-state index contributed by atoms with van der Waals surface area (Å²) in [5, 5.41) is 0.740. The summed E-state index contributed by atoms with van der Waals surface area (Å²) in [4.78, 5) is 8.06. The number of ether oxygens (including phenoxy) is 1. The quantitative estimate of drug-likeness (QED) is 0.845. The summed E-state index contributed by atoms with van der Waals surface area (Å²) in [6.07, 6.45) is 1.43. The Kier molecular flexibility index (Phi) is 2.25. The van der Waals surface area contributed by atoms with Crippen molar-refractivity contribution < 1.29 is 4.74 Å². The minimum atomic E-state index is 0.424. The molecule has 0 bridgehead atoms. The standard InChI is InChI=1S/C9H8BrN3O/c1-14-6-3-2-5(10)8-7(6)9(11)13-4-12-8/h2-4H,1H3,(H2,11,12,13). The molecule has 0 amide bonds. The van der Waals surface area contributed by atoms with E-state index >= 15 is 0 Å². The summed E-state index contributed by atoms with van der Waals surface area (Å²) < 4.78 is 6.06. The van der Waals surface area contributed by atoms with Crippen LogP contribution in [0.2, 0.25) is 0 Å². The van der Waals surface area contributed by atoms with Crippen molar-refractivity contribution in [3.05, 3.63) is 22.9 Å². The van der Waals surface area contributed by atoms with Crippen molar-refractivity contribution in [1.29, 1.82) is 0 Å². The predicted octanol–water partition coefficient (Wildman–Crippen LogP) is 1.98. The number of benzene rings is 1. The second kappa shape index (κ2) is 3.42. The minimum absolute atomic E-state index is 0.424. The lowest BCUT2D eigenvalue weighted by atomic mass is 10.2. The fraction of sp³-hybridized carbons (Fsp3) is 0.111. The number of nitrogen functional groups attached to an aromatic ring is 1. The Morgan fingerprint density at radius 2 is 2.14 bits per heavy atom. The molecule has 72 valence electrons. The first kappa shape index (κ1) is 9.21. The Balaban J connectivity index is 2.92. The number of halogens is 1. The van der Waals surface area contributed by atoms with Gasteiger partial charge in [0.1, 0.15) is 17.9 Å². The van der Waals surface area contributed by atoms with E-state index in [4.69, 9.17) is 10.5 Å². The van der Waals surface area contributed by atoms with Crippen LogP contribution in [0.1, 0.15) is 0 Å². The molecular weight excluding hydrogens is 246 g/mol. The molecule has 0 saturated heterocycles. The topological polar surface area (TPSA) is 61.0 Å². The van der Waals surface area contributed by atoms with E-state index < -0.39 is 0 Å². The molecule has 0 aliphatic carbocycles. The average molecular weight is 254 g/mol. The molecule has 0 saturated carbocycles. The molecular formula is C9H8BrN3O. The van der Waals surface area contributed by atoms with Crippen molar-refractivity contribution in [2.24, 2.45) is 0 Å². The Hall–Kier alpha value is -1.36. The molecule has 0 radical (unpaired) electrons. The van der Waals surface area contributed by atoms with Gasteiger partial charge in [0.2, 0.25) is 0 Å². The van der Waals surface area contributed by atoms with Crippen molar-refractivity contribution in [3.63, 3.8) is 0 Å². The fourth-order valence-corrected chi connectivity index (χ4v) is 1.74. The van der Waals surface area contributed by atoms with E-state index in [1.807, 2.05) is 12.1 Å². The van der Waals surface area contributed by atoms with Crippen LogP contribution in [-0.2, 0) is 0 Å². The van der Waals surface area contributed by atoms with E-state index in [1.165, 1.54) is 6.33 Å². The maximum atomic E-state index is 5.75. The van der Waals surface area contributed by atoms with Crippen LogP contribution in [0.5, 0.6) is 5.75 Å². The molecule has 0 unspecified atom stereocenters. The lowest BCUT2D eigenvalue weighted by Gasteiger charge is -2.07. The van der Waals surface area contributed by atoms with Crippen molar-refractivity contribution in [1.82, 2.24) is 9.97 Å². The van der Waals surface area contributed by atoms with Crippen LogP contribution in [0.15, 0.2) is 22.9 Å². The summed E-state index contributed by atoms with van der Waals surface area (Å²) >= 11 is 3.39. The molecule has 1 aromatic heterocycles. The molecule has 0 fully saturated rings. The maximum Gasteiger partial charge on any atom is 0.138 e. The van der Waals surface area contributed by atoms with Crippen molar-refractivity contribution in [3.8, 4) is 5.75 Å². The molecule has 0 spiro atoms. The van der Waals surface area contributed by atoms with Gasteiger partial charge >= 0.3 is 0 Å². The Morgan fingerprint density at radius 3 is 2.86 bits per heavy atom. The summed E-state index contributed by atoms with van der Waals surface area (Å²) in [6, 6.07) is 3.69. The number of methoxy groups -OCH3 is 1. The van der Waals surface area contributed by atoms with E-state index in [1.54, 1.807) is 7.11 Å². The number of hydrogen-bond donors (Lipinski definition) is 1. The third-order valence-corrected chi connectivity index (χ3v) is 2.59. The highest BCUT2D eigenvalue weighted by atomic mass is 79.9. The molecule has 5 heteroatoms. The predicted molar refractivity (Wildman–Crippen MR) is 58.2 cm³/mol. The number of hydrogen-bond acceptors (Lipinski definition) is 4. The average Bonchev–Trinajstić information content (AvgIpc) is 2.20.